The van der Waals surface area contributed by atoms with E-state index in [1.165, 1.54) is 0 Å². The third kappa shape index (κ3) is 4.62. The van der Waals surface area contributed by atoms with Crippen LogP contribution >= 0.6 is 0 Å². The molecule has 1 unspecified atom stereocenters. The summed E-state index contributed by atoms with van der Waals surface area (Å²) in [7, 11) is 0. The van der Waals surface area contributed by atoms with Crippen LogP contribution in [-0.2, 0) is 9.53 Å². The van der Waals surface area contributed by atoms with E-state index in [-0.39, 0.29) is 17.7 Å². The van der Waals surface area contributed by atoms with Gasteiger partial charge in [0.1, 0.15) is 5.82 Å². The fourth-order valence-electron chi connectivity index (χ4n) is 4.01. The van der Waals surface area contributed by atoms with Gasteiger partial charge in [-0.3, -0.25) is 9.59 Å². The maximum atomic E-state index is 13.0. The zero-order valence-corrected chi connectivity index (χ0v) is 17.3. The lowest BCUT2D eigenvalue weighted by molar-refractivity contribution is -0.120. The predicted octanol–water partition coefficient (Wildman–Crippen LogP) is 2.72. The number of nitrogens with zero attached hydrogens (tertiary/aromatic N) is 3. The van der Waals surface area contributed by atoms with Gasteiger partial charge < -0.3 is 19.9 Å². The number of carbonyl (C=O) groups excluding carboxylic acids is 2. The van der Waals surface area contributed by atoms with Crippen molar-refractivity contribution < 1.29 is 14.3 Å². The second-order valence-corrected chi connectivity index (χ2v) is 7.90. The molecule has 2 aromatic rings. The van der Waals surface area contributed by atoms with Gasteiger partial charge in [0.15, 0.2) is 0 Å². The highest BCUT2D eigenvalue weighted by molar-refractivity contribution is 5.98. The minimum absolute atomic E-state index is 0.00490. The topological polar surface area (TPSA) is 74.8 Å². The summed E-state index contributed by atoms with van der Waals surface area (Å²) >= 11 is 0. The Labute approximate surface area is 177 Å². The van der Waals surface area contributed by atoms with Crippen molar-refractivity contribution in [3.05, 3.63) is 53.7 Å². The minimum atomic E-state index is -0.112. The Bertz CT molecular complexity index is 897. The van der Waals surface area contributed by atoms with Crippen LogP contribution in [-0.4, -0.2) is 61.1 Å². The van der Waals surface area contributed by atoms with Crippen LogP contribution in [0.2, 0.25) is 0 Å². The first-order chi connectivity index (χ1) is 14.6. The van der Waals surface area contributed by atoms with Gasteiger partial charge in [0, 0.05) is 43.6 Å². The van der Waals surface area contributed by atoms with Crippen LogP contribution in [0.5, 0.6) is 0 Å². The number of benzene rings is 1. The fraction of sp³-hybridized carbons (Fsp3) is 0.435. The average Bonchev–Trinajstić information content (AvgIpc) is 2.81. The summed E-state index contributed by atoms with van der Waals surface area (Å²) < 4.78 is 5.33. The number of aryl methyl sites for hydroxylation is 1. The zero-order valence-electron chi connectivity index (χ0n) is 17.3. The van der Waals surface area contributed by atoms with Crippen LogP contribution in [0, 0.1) is 12.8 Å². The van der Waals surface area contributed by atoms with Crippen LogP contribution < -0.4 is 10.2 Å². The Balaban J connectivity index is 1.44. The smallest absolute Gasteiger partial charge is 0.254 e. The molecule has 2 saturated heterocycles. The molecule has 2 fully saturated rings. The van der Waals surface area contributed by atoms with Crippen molar-refractivity contribution in [1.29, 1.82) is 0 Å². The number of piperidine rings is 1. The van der Waals surface area contributed by atoms with E-state index in [0.29, 0.717) is 44.1 Å². The summed E-state index contributed by atoms with van der Waals surface area (Å²) in [5.74, 6) is 0.769. The Hall–Kier alpha value is -2.93. The highest BCUT2D eigenvalue weighted by Gasteiger charge is 2.27. The van der Waals surface area contributed by atoms with Gasteiger partial charge in [0.05, 0.1) is 19.1 Å². The number of ether oxygens (including phenoxy) is 1. The second-order valence-electron chi connectivity index (χ2n) is 7.90. The quantitative estimate of drug-likeness (QED) is 0.842. The van der Waals surface area contributed by atoms with E-state index in [4.69, 9.17) is 4.74 Å². The first kappa shape index (κ1) is 20.3. The maximum absolute atomic E-state index is 13.0. The lowest BCUT2D eigenvalue weighted by Crippen LogP contribution is -2.41. The lowest BCUT2D eigenvalue weighted by atomic mass is 9.96. The van der Waals surface area contributed by atoms with E-state index in [9.17, 15) is 9.59 Å². The first-order valence-electron chi connectivity index (χ1n) is 10.6. The SMILES string of the molecule is Cc1ccc(C(=O)N2CCOCC2)cc1NC(=O)C1CCCN(c2ccccn2)C1. The third-order valence-corrected chi connectivity index (χ3v) is 5.81. The van der Waals surface area contributed by atoms with Gasteiger partial charge in [-0.1, -0.05) is 12.1 Å². The van der Waals surface area contributed by atoms with Crippen molar-refractivity contribution in [3.63, 3.8) is 0 Å². The zero-order chi connectivity index (χ0) is 20.9. The number of pyridine rings is 1. The standard InChI is InChI=1S/C23H28N4O3/c1-17-7-8-18(23(29)26-11-13-30-14-12-26)15-20(17)25-22(28)19-5-4-10-27(16-19)21-6-2-3-9-24-21/h2-3,6-9,15,19H,4-5,10-14,16H2,1H3,(H,25,28). The molecule has 0 aliphatic carbocycles. The molecule has 3 heterocycles. The molecule has 1 atom stereocenters. The van der Waals surface area contributed by atoms with Crippen molar-refractivity contribution in [2.45, 2.75) is 19.8 Å². The van der Waals surface area contributed by atoms with E-state index in [1.54, 1.807) is 17.2 Å². The van der Waals surface area contributed by atoms with Gasteiger partial charge in [-0.25, -0.2) is 4.98 Å². The molecule has 7 heteroatoms. The molecule has 2 aliphatic heterocycles. The van der Waals surface area contributed by atoms with Crippen LogP contribution in [0.15, 0.2) is 42.6 Å². The highest BCUT2D eigenvalue weighted by Crippen LogP contribution is 2.24. The first-order valence-corrected chi connectivity index (χ1v) is 10.6. The molecule has 2 aliphatic rings. The highest BCUT2D eigenvalue weighted by atomic mass is 16.5. The molecule has 0 radical (unpaired) electrons. The summed E-state index contributed by atoms with van der Waals surface area (Å²) in [6.45, 7) is 5.82. The molecule has 0 spiro atoms. The monoisotopic (exact) mass is 408 g/mol. The number of morpholine rings is 1. The largest absolute Gasteiger partial charge is 0.378 e. The van der Waals surface area contributed by atoms with E-state index in [2.05, 4.69) is 15.2 Å². The average molecular weight is 409 g/mol. The lowest BCUT2D eigenvalue weighted by Gasteiger charge is -2.33. The van der Waals surface area contributed by atoms with Gasteiger partial charge in [-0.15, -0.1) is 0 Å². The van der Waals surface area contributed by atoms with E-state index in [1.807, 2.05) is 37.3 Å². The number of nitrogens with one attached hydrogen (secondary N) is 1. The summed E-state index contributed by atoms with van der Waals surface area (Å²) in [4.78, 5) is 34.2. The Morgan fingerprint density at radius 2 is 1.97 bits per heavy atom. The number of carbonyl (C=O) groups is 2. The number of aromatic nitrogens is 1. The molecule has 1 aromatic carbocycles. The number of hydrogen-bond acceptors (Lipinski definition) is 5. The molecule has 158 valence electrons. The van der Waals surface area contributed by atoms with E-state index < -0.39 is 0 Å². The molecule has 2 amide bonds. The molecule has 1 N–H and O–H groups in total. The van der Waals surface area contributed by atoms with Crippen LogP contribution in [0.4, 0.5) is 11.5 Å². The summed E-state index contributed by atoms with van der Waals surface area (Å²) in [6, 6.07) is 11.4. The van der Waals surface area contributed by atoms with Crippen molar-refractivity contribution in [2.75, 3.05) is 49.6 Å². The Morgan fingerprint density at radius 3 is 2.73 bits per heavy atom. The van der Waals surface area contributed by atoms with Crippen molar-refractivity contribution in [3.8, 4) is 0 Å². The summed E-state index contributed by atoms with van der Waals surface area (Å²) in [5.41, 5.74) is 2.24. The van der Waals surface area contributed by atoms with E-state index in [0.717, 1.165) is 30.8 Å². The van der Waals surface area contributed by atoms with Gasteiger partial charge in [0.25, 0.3) is 5.91 Å². The van der Waals surface area contributed by atoms with Gasteiger partial charge in [-0.2, -0.15) is 0 Å². The van der Waals surface area contributed by atoms with E-state index >= 15 is 0 Å². The maximum Gasteiger partial charge on any atom is 0.254 e. The van der Waals surface area contributed by atoms with Gasteiger partial charge in [0.2, 0.25) is 5.91 Å². The number of anilines is 2. The normalized spacial score (nSPS) is 19.4. The van der Waals surface area contributed by atoms with Crippen molar-refractivity contribution in [2.24, 2.45) is 5.92 Å². The van der Waals surface area contributed by atoms with Crippen LogP contribution in [0.1, 0.15) is 28.8 Å². The predicted molar refractivity (Wildman–Crippen MR) is 116 cm³/mol. The van der Waals surface area contributed by atoms with Crippen LogP contribution in [0.25, 0.3) is 0 Å². The summed E-state index contributed by atoms with van der Waals surface area (Å²) in [6.07, 6.45) is 3.57. The third-order valence-electron chi connectivity index (χ3n) is 5.81. The summed E-state index contributed by atoms with van der Waals surface area (Å²) in [5, 5.41) is 3.07. The minimum Gasteiger partial charge on any atom is -0.378 e. The second kappa shape index (κ2) is 9.26. The molecule has 30 heavy (non-hydrogen) atoms. The number of hydrogen-bond donors (Lipinski definition) is 1. The van der Waals surface area contributed by atoms with Gasteiger partial charge in [-0.05, 0) is 49.6 Å². The van der Waals surface area contributed by atoms with Crippen molar-refractivity contribution in [1.82, 2.24) is 9.88 Å². The Morgan fingerprint density at radius 1 is 1.13 bits per heavy atom. The molecule has 1 aromatic heterocycles. The molecule has 7 nitrogen and oxygen atoms in total. The molecular formula is C23H28N4O3. The Kier molecular flexibility index (Phi) is 6.28. The molecule has 0 saturated carbocycles. The molecule has 4 rings (SSSR count). The number of amides is 2. The number of rotatable bonds is 4. The van der Waals surface area contributed by atoms with Crippen LogP contribution in [0.3, 0.4) is 0 Å². The molecular weight excluding hydrogens is 380 g/mol. The van der Waals surface area contributed by atoms with Crippen molar-refractivity contribution >= 4 is 23.3 Å². The fourth-order valence-corrected chi connectivity index (χ4v) is 4.01. The van der Waals surface area contributed by atoms with Gasteiger partial charge >= 0.3 is 0 Å². The molecule has 0 bridgehead atoms.